The number of rotatable bonds is 9. The van der Waals surface area contributed by atoms with Gasteiger partial charge < -0.3 is 30.2 Å². The highest BCUT2D eigenvalue weighted by molar-refractivity contribution is 7.87. The number of hydrogen-bond acceptors (Lipinski definition) is 16. The zero-order valence-corrected chi connectivity index (χ0v) is 25.8. The van der Waals surface area contributed by atoms with E-state index in [1.54, 1.807) is 19.1 Å². The molecule has 0 amide bonds. The Morgan fingerprint density at radius 1 is 0.825 bits per heavy atom. The second kappa shape index (κ2) is 32.5. The lowest BCUT2D eigenvalue weighted by molar-refractivity contribution is -0.141. The molecule has 0 fully saturated rings. The van der Waals surface area contributed by atoms with Gasteiger partial charge in [-0.25, -0.2) is 8.42 Å². The average Bonchev–Trinajstić information content (AvgIpc) is 2.87. The van der Waals surface area contributed by atoms with Gasteiger partial charge in [-0.05, 0) is 12.8 Å². The molecule has 20 heteroatoms. The molecule has 0 aliphatic rings. The Balaban J connectivity index is -0.0000000924. The van der Waals surface area contributed by atoms with Crippen LogP contribution in [0.3, 0.4) is 0 Å². The van der Waals surface area contributed by atoms with Crippen molar-refractivity contribution in [2.24, 2.45) is 11.5 Å². The van der Waals surface area contributed by atoms with Crippen LogP contribution in [0.25, 0.3) is 0 Å². The minimum absolute atomic E-state index is 0.00546. The second-order valence-electron chi connectivity index (χ2n) is 6.03. The van der Waals surface area contributed by atoms with Crippen molar-refractivity contribution >= 4 is 48.8 Å². The van der Waals surface area contributed by atoms with E-state index in [-0.39, 0.29) is 18.8 Å². The molecule has 5 N–H and O–H groups in total. The van der Waals surface area contributed by atoms with Gasteiger partial charge in [0.25, 0.3) is 10.1 Å². The largest absolute Gasteiger partial charge is 0.747 e. The van der Waals surface area contributed by atoms with Gasteiger partial charge in [-0.1, -0.05) is 32.9 Å². The summed E-state index contributed by atoms with van der Waals surface area (Å²) in [4.78, 5) is 31.2. The maximum Gasteiger partial charge on any atom is 0.425 e. The SMILES string of the molecule is C=CCN.C=CCN.CCC(=O)OC.CCC(C(=O)OC)S(=O)(=O)O.CCC(C(=O)OC)S(=O)(=O)[O-].O=S(=O)=O. The van der Waals surface area contributed by atoms with Crippen molar-refractivity contribution in [1.82, 2.24) is 0 Å². The van der Waals surface area contributed by atoms with Crippen LogP contribution in [-0.2, 0) is 59.4 Å². The predicted molar refractivity (Wildman–Crippen MR) is 144 cm³/mol. The summed E-state index contributed by atoms with van der Waals surface area (Å²) in [6, 6.07) is 0. The Hall–Kier alpha value is -2.75. The van der Waals surface area contributed by atoms with Crippen LogP contribution < -0.4 is 11.5 Å². The minimum atomic E-state index is -4.55. The molecule has 0 heterocycles. The van der Waals surface area contributed by atoms with Gasteiger partial charge in [-0.3, -0.25) is 18.9 Å². The Morgan fingerprint density at radius 2 is 1.10 bits per heavy atom. The molecule has 0 aromatic carbocycles. The molecular formula is C20H41N2O15S3-. The molecule has 0 radical (unpaired) electrons. The zero-order chi connectivity index (χ0) is 33.5. The van der Waals surface area contributed by atoms with Gasteiger partial charge in [0.05, 0.1) is 21.3 Å². The molecule has 40 heavy (non-hydrogen) atoms. The monoisotopic (exact) mass is 645 g/mol. The van der Waals surface area contributed by atoms with Crippen LogP contribution in [0.1, 0.15) is 40.0 Å². The molecule has 0 bridgehead atoms. The molecule has 17 nitrogen and oxygen atoms in total. The standard InChI is InChI=1S/2C5H10O5S.C4H8O2.2C3H7N.O3S/c2*1-3-4(5(6)10-2)11(7,8)9;1-3-4(5)6-2;2*1-2-3-4;1-4(2)3/h2*4H,3H2,1-2H3,(H,7,8,9);3H2,1-2H3;2*2H,1,3-4H2;/p-1. The van der Waals surface area contributed by atoms with E-state index < -0.39 is 53.3 Å². The van der Waals surface area contributed by atoms with E-state index >= 15 is 0 Å². The number of nitrogens with two attached hydrogens (primary N) is 2. The van der Waals surface area contributed by atoms with Gasteiger partial charge in [0.15, 0.2) is 5.25 Å². The Labute approximate surface area is 237 Å². The lowest BCUT2D eigenvalue weighted by atomic mass is 10.3. The van der Waals surface area contributed by atoms with Crippen molar-refractivity contribution in [1.29, 1.82) is 0 Å². The number of hydrogen-bond donors (Lipinski definition) is 3. The third kappa shape index (κ3) is 42.3. The quantitative estimate of drug-likeness (QED) is 0.119. The summed E-state index contributed by atoms with van der Waals surface area (Å²) in [6.07, 6.45) is 3.72. The summed E-state index contributed by atoms with van der Waals surface area (Å²) in [5.74, 6) is -2.09. The molecule has 2 atom stereocenters. The second-order valence-corrected chi connectivity index (χ2v) is 9.59. The molecule has 0 rings (SSSR count). The number of carbonyl (C=O) groups is 3. The van der Waals surface area contributed by atoms with Crippen LogP contribution in [0.4, 0.5) is 0 Å². The first kappa shape index (κ1) is 50.1. The summed E-state index contributed by atoms with van der Waals surface area (Å²) in [5, 5.41) is -3.01. The molecule has 0 saturated carbocycles. The number of ether oxygens (including phenoxy) is 3. The third-order valence-electron chi connectivity index (χ3n) is 3.23. The summed E-state index contributed by atoms with van der Waals surface area (Å²) >= 11 is 0. The van der Waals surface area contributed by atoms with E-state index in [0.717, 1.165) is 14.2 Å². The number of carbonyl (C=O) groups excluding carboxylic acids is 3. The van der Waals surface area contributed by atoms with Crippen molar-refractivity contribution in [2.75, 3.05) is 34.4 Å². The topological polar surface area (TPSA) is 294 Å². The lowest BCUT2D eigenvalue weighted by Gasteiger charge is -2.15. The minimum Gasteiger partial charge on any atom is -0.747 e. The molecule has 0 aromatic rings. The Kier molecular flexibility index (Phi) is 40.7. The Morgan fingerprint density at radius 3 is 1.15 bits per heavy atom. The van der Waals surface area contributed by atoms with Gasteiger partial charge in [0.1, 0.15) is 15.4 Å². The van der Waals surface area contributed by atoms with Crippen molar-refractivity contribution in [3.8, 4) is 0 Å². The van der Waals surface area contributed by atoms with Crippen LogP contribution in [0.2, 0.25) is 0 Å². The van der Waals surface area contributed by atoms with E-state index in [9.17, 15) is 35.8 Å². The molecule has 0 spiro atoms. The molecule has 0 aliphatic heterocycles. The summed E-state index contributed by atoms with van der Waals surface area (Å²) in [5.41, 5.74) is 9.82. The van der Waals surface area contributed by atoms with E-state index in [4.69, 9.17) is 28.6 Å². The first-order chi connectivity index (χ1) is 18.2. The smallest absolute Gasteiger partial charge is 0.425 e. The van der Waals surface area contributed by atoms with Crippen molar-refractivity contribution in [3.05, 3.63) is 25.3 Å². The third-order valence-corrected chi connectivity index (χ3v) is 5.70. The zero-order valence-electron chi connectivity index (χ0n) is 23.3. The average molecular weight is 646 g/mol. The first-order valence-corrected chi connectivity index (χ1v) is 14.7. The highest BCUT2D eigenvalue weighted by Crippen LogP contribution is 2.05. The van der Waals surface area contributed by atoms with Gasteiger partial charge in [0.2, 0.25) is 0 Å². The van der Waals surface area contributed by atoms with E-state index in [0.29, 0.717) is 19.5 Å². The fourth-order valence-corrected chi connectivity index (χ4v) is 2.90. The molecular weight excluding hydrogens is 604 g/mol. The van der Waals surface area contributed by atoms with Crippen LogP contribution >= 0.6 is 0 Å². The van der Waals surface area contributed by atoms with Gasteiger partial charge >= 0.3 is 28.5 Å². The Bertz CT molecular complexity index is 938. The van der Waals surface area contributed by atoms with Gasteiger partial charge in [-0.15, -0.1) is 25.8 Å². The van der Waals surface area contributed by atoms with Gasteiger partial charge in [0, 0.05) is 19.5 Å². The number of methoxy groups -OCH3 is 3. The van der Waals surface area contributed by atoms with Gasteiger partial charge in [-0.2, -0.15) is 8.42 Å². The molecule has 0 aromatic heterocycles. The summed E-state index contributed by atoms with van der Waals surface area (Å²) in [7, 11) is -8.48. The maximum absolute atomic E-state index is 10.6. The highest BCUT2D eigenvalue weighted by atomic mass is 32.2. The summed E-state index contributed by atoms with van der Waals surface area (Å²) < 4.78 is 98.1. The highest BCUT2D eigenvalue weighted by Gasteiger charge is 2.29. The van der Waals surface area contributed by atoms with E-state index in [2.05, 4.69) is 27.4 Å². The van der Waals surface area contributed by atoms with Crippen LogP contribution in [-0.4, -0.2) is 101 Å². The molecule has 0 saturated heterocycles. The van der Waals surface area contributed by atoms with Crippen molar-refractivity contribution < 1.29 is 67.2 Å². The van der Waals surface area contributed by atoms with Crippen LogP contribution in [0, 0.1) is 0 Å². The van der Waals surface area contributed by atoms with E-state index in [1.165, 1.54) is 21.0 Å². The molecule has 2 unspecified atom stereocenters. The fourth-order valence-electron chi connectivity index (χ4n) is 1.39. The fraction of sp³-hybridized carbons (Fsp3) is 0.650. The predicted octanol–water partition coefficient (Wildman–Crippen LogP) is -0.863. The van der Waals surface area contributed by atoms with Crippen LogP contribution in [0.15, 0.2) is 25.3 Å². The van der Waals surface area contributed by atoms with Crippen LogP contribution in [0.5, 0.6) is 0 Å². The van der Waals surface area contributed by atoms with Crippen molar-refractivity contribution in [3.63, 3.8) is 0 Å². The molecule has 0 aliphatic carbocycles. The molecule has 240 valence electrons. The summed E-state index contributed by atoms with van der Waals surface area (Å²) in [6.45, 7) is 12.5. The maximum atomic E-state index is 10.6. The number of esters is 3. The van der Waals surface area contributed by atoms with Crippen molar-refractivity contribution in [2.45, 2.75) is 50.5 Å². The normalized spacial score (nSPS) is 10.8. The lowest BCUT2D eigenvalue weighted by Crippen LogP contribution is -2.30. The van der Waals surface area contributed by atoms with E-state index in [1.807, 2.05) is 0 Å². The first-order valence-electron chi connectivity index (χ1n) is 10.8.